The van der Waals surface area contributed by atoms with E-state index in [0.29, 0.717) is 0 Å². The van der Waals surface area contributed by atoms with E-state index >= 15 is 0 Å². The van der Waals surface area contributed by atoms with Crippen molar-refractivity contribution >= 4 is 11.8 Å². The summed E-state index contributed by atoms with van der Waals surface area (Å²) in [5.74, 6) is -0.358. The van der Waals surface area contributed by atoms with Crippen LogP contribution in [0.2, 0.25) is 0 Å². The molecular weight excluding hydrogens is 186 g/mol. The van der Waals surface area contributed by atoms with Crippen LogP contribution in [0.25, 0.3) is 0 Å². The van der Waals surface area contributed by atoms with E-state index in [4.69, 9.17) is 4.42 Å². The minimum Gasteiger partial charge on any atom is -0.419 e. The maximum atomic E-state index is 11.9. The Bertz CT molecular complexity index is 253. The number of rotatable bonds is 3. The molecule has 0 saturated heterocycles. The SMILES string of the molecule is CSC(C)c1nnc(C(F)F)o1. The molecule has 0 spiro atoms. The second kappa shape index (κ2) is 3.84. The van der Waals surface area contributed by atoms with E-state index in [9.17, 15) is 8.78 Å². The van der Waals surface area contributed by atoms with Crippen LogP contribution in [0.15, 0.2) is 4.42 Å². The summed E-state index contributed by atoms with van der Waals surface area (Å²) in [6.45, 7) is 1.81. The van der Waals surface area contributed by atoms with E-state index < -0.39 is 12.3 Å². The zero-order valence-corrected chi connectivity index (χ0v) is 7.44. The Balaban J connectivity index is 2.77. The minimum absolute atomic E-state index is 0.0370. The fraction of sp³-hybridized carbons (Fsp3) is 0.667. The smallest absolute Gasteiger partial charge is 0.314 e. The molecule has 6 heteroatoms. The average Bonchev–Trinajstić information content (AvgIpc) is 2.51. The molecule has 0 saturated carbocycles. The maximum Gasteiger partial charge on any atom is 0.314 e. The van der Waals surface area contributed by atoms with Gasteiger partial charge in [0.15, 0.2) is 0 Å². The van der Waals surface area contributed by atoms with Gasteiger partial charge < -0.3 is 4.42 Å². The number of aromatic nitrogens is 2. The first kappa shape index (κ1) is 9.44. The summed E-state index contributed by atoms with van der Waals surface area (Å²) in [4.78, 5) is 0. The molecule has 0 aliphatic carbocycles. The van der Waals surface area contributed by atoms with Gasteiger partial charge in [0.05, 0.1) is 5.25 Å². The number of alkyl halides is 2. The lowest BCUT2D eigenvalue weighted by Crippen LogP contribution is -1.86. The Morgan fingerprint density at radius 1 is 1.33 bits per heavy atom. The molecule has 68 valence electrons. The van der Waals surface area contributed by atoms with Crippen molar-refractivity contribution in [1.29, 1.82) is 0 Å². The first-order chi connectivity index (χ1) is 5.65. The lowest BCUT2D eigenvalue weighted by atomic mass is 10.5. The van der Waals surface area contributed by atoms with Crippen LogP contribution in [-0.4, -0.2) is 16.5 Å². The molecule has 0 aromatic carbocycles. The largest absolute Gasteiger partial charge is 0.419 e. The van der Waals surface area contributed by atoms with E-state index in [-0.39, 0.29) is 11.1 Å². The van der Waals surface area contributed by atoms with Crippen molar-refractivity contribution in [3.8, 4) is 0 Å². The third-order valence-electron chi connectivity index (χ3n) is 1.34. The molecule has 0 N–H and O–H groups in total. The summed E-state index contributed by atoms with van der Waals surface area (Å²) in [7, 11) is 0. The van der Waals surface area contributed by atoms with E-state index in [1.54, 1.807) is 0 Å². The Morgan fingerprint density at radius 2 is 1.92 bits per heavy atom. The Labute approximate surface area is 72.5 Å². The van der Waals surface area contributed by atoms with Crippen LogP contribution in [0, 0.1) is 0 Å². The van der Waals surface area contributed by atoms with Crippen LogP contribution in [0.1, 0.15) is 30.4 Å². The average molecular weight is 194 g/mol. The quantitative estimate of drug-likeness (QED) is 0.740. The molecule has 1 aromatic heterocycles. The number of hydrogen-bond acceptors (Lipinski definition) is 4. The van der Waals surface area contributed by atoms with Crippen LogP contribution < -0.4 is 0 Å². The molecule has 1 atom stereocenters. The summed E-state index contributed by atoms with van der Waals surface area (Å²) in [5, 5.41) is 6.66. The lowest BCUT2D eigenvalue weighted by molar-refractivity contribution is 0.113. The summed E-state index contributed by atoms with van der Waals surface area (Å²) >= 11 is 1.46. The molecule has 0 bridgehead atoms. The van der Waals surface area contributed by atoms with Crippen molar-refractivity contribution in [3.05, 3.63) is 11.8 Å². The van der Waals surface area contributed by atoms with Gasteiger partial charge in [-0.1, -0.05) is 0 Å². The van der Waals surface area contributed by atoms with Gasteiger partial charge >= 0.3 is 6.43 Å². The summed E-state index contributed by atoms with van der Waals surface area (Å²) < 4.78 is 28.6. The highest BCUT2D eigenvalue weighted by atomic mass is 32.2. The fourth-order valence-corrected chi connectivity index (χ4v) is 0.897. The second-order valence-electron chi connectivity index (χ2n) is 2.16. The molecule has 12 heavy (non-hydrogen) atoms. The van der Waals surface area contributed by atoms with E-state index in [1.807, 2.05) is 13.2 Å². The van der Waals surface area contributed by atoms with Gasteiger partial charge in [0.25, 0.3) is 5.89 Å². The van der Waals surface area contributed by atoms with E-state index in [0.717, 1.165) is 0 Å². The normalized spacial score (nSPS) is 13.8. The van der Waals surface area contributed by atoms with Crippen LogP contribution in [0.3, 0.4) is 0 Å². The van der Waals surface area contributed by atoms with Gasteiger partial charge in [-0.15, -0.1) is 10.2 Å². The molecule has 0 aliphatic heterocycles. The minimum atomic E-state index is -2.68. The highest BCUT2D eigenvalue weighted by Gasteiger charge is 2.18. The highest BCUT2D eigenvalue weighted by molar-refractivity contribution is 7.98. The number of halogens is 2. The predicted molar refractivity (Wildman–Crippen MR) is 41.2 cm³/mol. The third kappa shape index (κ3) is 1.94. The molecular formula is C6H8F2N2OS. The Morgan fingerprint density at radius 3 is 2.33 bits per heavy atom. The van der Waals surface area contributed by atoms with Crippen molar-refractivity contribution in [1.82, 2.24) is 10.2 Å². The van der Waals surface area contributed by atoms with Gasteiger partial charge in [0.1, 0.15) is 0 Å². The topological polar surface area (TPSA) is 38.9 Å². The van der Waals surface area contributed by atoms with Gasteiger partial charge in [-0.2, -0.15) is 20.5 Å². The lowest BCUT2D eigenvalue weighted by Gasteiger charge is -1.99. The van der Waals surface area contributed by atoms with Gasteiger partial charge in [0, 0.05) is 0 Å². The first-order valence-electron chi connectivity index (χ1n) is 3.29. The Hall–Kier alpha value is -0.650. The zero-order chi connectivity index (χ0) is 9.14. The van der Waals surface area contributed by atoms with Crippen molar-refractivity contribution in [2.24, 2.45) is 0 Å². The maximum absolute atomic E-state index is 11.9. The van der Waals surface area contributed by atoms with E-state index in [1.165, 1.54) is 11.8 Å². The molecule has 1 aromatic rings. The summed E-state index contributed by atoms with van der Waals surface area (Å²) in [6, 6.07) is 0. The van der Waals surface area contributed by atoms with Crippen molar-refractivity contribution < 1.29 is 13.2 Å². The van der Waals surface area contributed by atoms with Crippen molar-refractivity contribution in [3.63, 3.8) is 0 Å². The molecule has 1 unspecified atom stereocenters. The van der Waals surface area contributed by atoms with Crippen LogP contribution >= 0.6 is 11.8 Å². The van der Waals surface area contributed by atoms with Gasteiger partial charge in [-0.05, 0) is 13.2 Å². The molecule has 1 heterocycles. The van der Waals surface area contributed by atoms with E-state index in [2.05, 4.69) is 10.2 Å². The number of thioether (sulfide) groups is 1. The molecule has 0 amide bonds. The van der Waals surface area contributed by atoms with Gasteiger partial charge in [-0.3, -0.25) is 0 Å². The molecule has 1 rings (SSSR count). The second-order valence-corrected chi connectivity index (χ2v) is 3.34. The monoisotopic (exact) mass is 194 g/mol. The van der Waals surface area contributed by atoms with Crippen LogP contribution in [0.5, 0.6) is 0 Å². The predicted octanol–water partition coefficient (Wildman–Crippen LogP) is 2.43. The standard InChI is InChI=1S/C6H8F2N2OS/c1-3(12-2)5-9-10-6(11-5)4(7)8/h3-4H,1-2H3. The fourth-order valence-electron chi connectivity index (χ4n) is 0.600. The third-order valence-corrected chi connectivity index (χ3v) is 2.25. The molecule has 0 aliphatic rings. The van der Waals surface area contributed by atoms with Gasteiger partial charge in [-0.25, -0.2) is 0 Å². The van der Waals surface area contributed by atoms with Gasteiger partial charge in [0.2, 0.25) is 5.89 Å². The zero-order valence-electron chi connectivity index (χ0n) is 6.62. The summed E-state index contributed by atoms with van der Waals surface area (Å²) in [5.41, 5.74) is 0. The molecule has 3 nitrogen and oxygen atoms in total. The van der Waals surface area contributed by atoms with Crippen molar-refractivity contribution in [2.75, 3.05) is 6.26 Å². The Kier molecular flexibility index (Phi) is 3.02. The van der Waals surface area contributed by atoms with Crippen LogP contribution in [-0.2, 0) is 0 Å². The highest BCUT2D eigenvalue weighted by Crippen LogP contribution is 2.26. The first-order valence-corrected chi connectivity index (χ1v) is 4.58. The molecule has 0 radical (unpaired) electrons. The molecule has 0 fully saturated rings. The van der Waals surface area contributed by atoms with Crippen molar-refractivity contribution in [2.45, 2.75) is 18.6 Å². The number of nitrogens with zero attached hydrogens (tertiary/aromatic N) is 2. The number of hydrogen-bond donors (Lipinski definition) is 0. The summed E-state index contributed by atoms with van der Waals surface area (Å²) in [6.07, 6.45) is -0.836. The van der Waals surface area contributed by atoms with Crippen LogP contribution in [0.4, 0.5) is 8.78 Å².